The second kappa shape index (κ2) is 9.54. The first-order chi connectivity index (χ1) is 13.8. The SMILES string of the molecule is CCCCC1CCCC1NC(=O)C1CCN(c2ncc(C(F)(F)F)cc2Cl)CC1. The van der Waals surface area contributed by atoms with E-state index in [1.807, 2.05) is 4.90 Å². The third kappa shape index (κ3) is 5.56. The lowest BCUT2D eigenvalue weighted by atomic mass is 9.93. The number of hydrogen-bond acceptors (Lipinski definition) is 3. The molecular weight excluding hydrogens is 403 g/mol. The number of nitrogens with zero attached hydrogens (tertiary/aromatic N) is 2. The van der Waals surface area contributed by atoms with Gasteiger partial charge in [0.15, 0.2) is 0 Å². The lowest BCUT2D eigenvalue weighted by Crippen LogP contribution is -2.45. The average Bonchev–Trinajstić information content (AvgIpc) is 3.12. The summed E-state index contributed by atoms with van der Waals surface area (Å²) in [5, 5.41) is 3.27. The van der Waals surface area contributed by atoms with Gasteiger partial charge in [0.1, 0.15) is 5.82 Å². The molecule has 2 aliphatic rings. The Labute approximate surface area is 175 Å². The van der Waals surface area contributed by atoms with E-state index in [1.165, 1.54) is 32.1 Å². The number of carbonyl (C=O) groups excluding carboxylic acids is 1. The lowest BCUT2D eigenvalue weighted by Gasteiger charge is -2.33. The molecule has 0 aromatic carbocycles. The number of nitrogens with one attached hydrogen (secondary N) is 1. The normalized spacial score (nSPS) is 23.4. The average molecular weight is 432 g/mol. The number of rotatable bonds is 6. The lowest BCUT2D eigenvalue weighted by molar-refractivity contribution is -0.137. The molecule has 0 bridgehead atoms. The van der Waals surface area contributed by atoms with E-state index in [1.54, 1.807) is 0 Å². The van der Waals surface area contributed by atoms with Crippen molar-refractivity contribution in [3.63, 3.8) is 0 Å². The Balaban J connectivity index is 1.53. The van der Waals surface area contributed by atoms with Crippen molar-refractivity contribution in [2.45, 2.75) is 70.5 Å². The summed E-state index contributed by atoms with van der Waals surface area (Å²) >= 11 is 6.06. The van der Waals surface area contributed by atoms with E-state index in [0.29, 0.717) is 37.7 Å². The monoisotopic (exact) mass is 431 g/mol. The van der Waals surface area contributed by atoms with Gasteiger partial charge in [-0.3, -0.25) is 4.79 Å². The minimum Gasteiger partial charge on any atom is -0.355 e. The maximum Gasteiger partial charge on any atom is 0.417 e. The molecule has 0 spiro atoms. The molecule has 1 saturated heterocycles. The number of anilines is 1. The summed E-state index contributed by atoms with van der Waals surface area (Å²) in [6.45, 7) is 3.30. The van der Waals surface area contributed by atoms with Crippen molar-refractivity contribution in [3.8, 4) is 0 Å². The number of alkyl halides is 3. The second-order valence-electron chi connectivity index (χ2n) is 8.24. The fourth-order valence-corrected chi connectivity index (χ4v) is 4.80. The van der Waals surface area contributed by atoms with E-state index in [-0.39, 0.29) is 22.9 Å². The molecule has 2 heterocycles. The highest BCUT2D eigenvalue weighted by atomic mass is 35.5. The molecule has 0 radical (unpaired) electrons. The minimum absolute atomic E-state index is 0.00699. The van der Waals surface area contributed by atoms with Crippen LogP contribution in [-0.4, -0.2) is 30.0 Å². The van der Waals surface area contributed by atoms with Gasteiger partial charge in [-0.05, 0) is 44.1 Å². The van der Waals surface area contributed by atoms with E-state index in [9.17, 15) is 18.0 Å². The molecule has 2 atom stereocenters. The van der Waals surface area contributed by atoms with Crippen molar-refractivity contribution < 1.29 is 18.0 Å². The van der Waals surface area contributed by atoms with Gasteiger partial charge in [0.2, 0.25) is 5.91 Å². The number of halogens is 4. The summed E-state index contributed by atoms with van der Waals surface area (Å²) in [5.41, 5.74) is -0.852. The number of piperidine rings is 1. The summed E-state index contributed by atoms with van der Waals surface area (Å²) < 4.78 is 38.4. The fourth-order valence-electron chi connectivity index (χ4n) is 4.51. The number of hydrogen-bond donors (Lipinski definition) is 1. The zero-order chi connectivity index (χ0) is 21.0. The van der Waals surface area contributed by atoms with Gasteiger partial charge in [0, 0.05) is 31.2 Å². The number of carbonyl (C=O) groups is 1. The Morgan fingerprint density at radius 1 is 1.28 bits per heavy atom. The third-order valence-electron chi connectivity index (χ3n) is 6.23. The first-order valence-electron chi connectivity index (χ1n) is 10.6. The minimum atomic E-state index is -4.46. The van der Waals surface area contributed by atoms with E-state index in [0.717, 1.165) is 18.7 Å². The Kier molecular flexibility index (Phi) is 7.30. The van der Waals surface area contributed by atoms with Crippen molar-refractivity contribution in [1.29, 1.82) is 0 Å². The molecule has 29 heavy (non-hydrogen) atoms. The van der Waals surface area contributed by atoms with Gasteiger partial charge < -0.3 is 10.2 Å². The highest BCUT2D eigenvalue weighted by molar-refractivity contribution is 6.33. The van der Waals surface area contributed by atoms with Crippen LogP contribution in [-0.2, 0) is 11.0 Å². The molecule has 1 aliphatic heterocycles. The molecule has 1 aliphatic carbocycles. The van der Waals surface area contributed by atoms with Gasteiger partial charge in [0.05, 0.1) is 10.6 Å². The van der Waals surface area contributed by atoms with Crippen LogP contribution in [0.3, 0.4) is 0 Å². The summed E-state index contributed by atoms with van der Waals surface area (Å²) in [4.78, 5) is 18.5. The third-order valence-corrected chi connectivity index (χ3v) is 6.51. The quantitative estimate of drug-likeness (QED) is 0.651. The molecule has 1 N–H and O–H groups in total. The smallest absolute Gasteiger partial charge is 0.355 e. The van der Waals surface area contributed by atoms with E-state index in [2.05, 4.69) is 17.2 Å². The van der Waals surface area contributed by atoms with E-state index < -0.39 is 11.7 Å². The van der Waals surface area contributed by atoms with E-state index in [4.69, 9.17) is 11.6 Å². The van der Waals surface area contributed by atoms with Gasteiger partial charge >= 0.3 is 6.18 Å². The number of pyridine rings is 1. The summed E-state index contributed by atoms with van der Waals surface area (Å²) in [6, 6.07) is 1.21. The predicted molar refractivity (Wildman–Crippen MR) is 108 cm³/mol. The van der Waals surface area contributed by atoms with E-state index >= 15 is 0 Å². The Morgan fingerprint density at radius 3 is 2.62 bits per heavy atom. The van der Waals surface area contributed by atoms with Gasteiger partial charge in [-0.2, -0.15) is 13.2 Å². The Bertz CT molecular complexity index is 705. The van der Waals surface area contributed by atoms with Crippen LogP contribution in [0.4, 0.5) is 19.0 Å². The van der Waals surface area contributed by atoms with Crippen LogP contribution in [0.5, 0.6) is 0 Å². The van der Waals surface area contributed by atoms with Gasteiger partial charge in [0.25, 0.3) is 0 Å². The summed E-state index contributed by atoms with van der Waals surface area (Å²) in [6.07, 6.45) is 4.65. The van der Waals surface area contributed by atoms with Crippen molar-refractivity contribution in [2.75, 3.05) is 18.0 Å². The Hall–Kier alpha value is -1.50. The second-order valence-corrected chi connectivity index (χ2v) is 8.64. The topological polar surface area (TPSA) is 45.2 Å². The first-order valence-corrected chi connectivity index (χ1v) is 11.0. The van der Waals surface area contributed by atoms with Crippen molar-refractivity contribution in [1.82, 2.24) is 10.3 Å². The molecule has 1 aromatic heterocycles. The molecule has 4 nitrogen and oxygen atoms in total. The Morgan fingerprint density at radius 2 is 2.00 bits per heavy atom. The van der Waals surface area contributed by atoms with Crippen molar-refractivity contribution >= 4 is 23.3 Å². The van der Waals surface area contributed by atoms with Crippen LogP contribution in [0.1, 0.15) is 63.9 Å². The van der Waals surface area contributed by atoms with Crippen molar-refractivity contribution in [3.05, 3.63) is 22.8 Å². The maximum atomic E-state index is 12.8. The standard InChI is InChI=1S/C21H29ClF3N3O/c1-2-3-5-14-6-4-7-18(14)27-20(29)15-8-10-28(11-9-15)19-17(22)12-16(13-26-19)21(23,24)25/h12-15,18H,2-11H2,1H3,(H,27,29). The van der Waals surface area contributed by atoms with Crippen LogP contribution in [0.2, 0.25) is 5.02 Å². The van der Waals surface area contributed by atoms with Gasteiger partial charge in [-0.1, -0.05) is 37.8 Å². The van der Waals surface area contributed by atoms with Crippen LogP contribution in [0, 0.1) is 11.8 Å². The number of aromatic nitrogens is 1. The molecule has 1 amide bonds. The summed E-state index contributed by atoms with van der Waals surface area (Å²) in [5.74, 6) is 1.000. The summed E-state index contributed by atoms with van der Waals surface area (Å²) in [7, 11) is 0. The highest BCUT2D eigenvalue weighted by Crippen LogP contribution is 2.35. The maximum absolute atomic E-state index is 12.8. The molecular formula is C21H29ClF3N3O. The molecule has 2 unspecified atom stereocenters. The number of unbranched alkanes of at least 4 members (excludes halogenated alkanes) is 1. The molecule has 162 valence electrons. The number of amides is 1. The molecule has 1 aromatic rings. The van der Waals surface area contributed by atoms with Crippen molar-refractivity contribution in [2.24, 2.45) is 11.8 Å². The first kappa shape index (κ1) is 22.2. The molecule has 3 rings (SSSR count). The van der Waals surface area contributed by atoms with Crippen LogP contribution < -0.4 is 10.2 Å². The van der Waals surface area contributed by atoms with Gasteiger partial charge in [-0.25, -0.2) is 4.98 Å². The largest absolute Gasteiger partial charge is 0.417 e. The van der Waals surface area contributed by atoms with Crippen LogP contribution >= 0.6 is 11.6 Å². The highest BCUT2D eigenvalue weighted by Gasteiger charge is 2.34. The zero-order valence-electron chi connectivity index (χ0n) is 16.8. The predicted octanol–water partition coefficient (Wildman–Crippen LogP) is 5.45. The molecule has 1 saturated carbocycles. The zero-order valence-corrected chi connectivity index (χ0v) is 17.5. The fraction of sp³-hybridized carbons (Fsp3) is 0.714. The van der Waals surface area contributed by atoms with Gasteiger partial charge in [-0.15, -0.1) is 0 Å². The molecule has 2 fully saturated rings. The van der Waals surface area contributed by atoms with Crippen LogP contribution in [0.25, 0.3) is 0 Å². The van der Waals surface area contributed by atoms with Crippen LogP contribution in [0.15, 0.2) is 12.3 Å². The molecule has 8 heteroatoms.